The third-order valence-electron chi connectivity index (χ3n) is 4.01. The van der Waals surface area contributed by atoms with Crippen molar-refractivity contribution in [3.05, 3.63) is 33.9 Å². The van der Waals surface area contributed by atoms with Gasteiger partial charge in [0.05, 0.1) is 16.8 Å². The van der Waals surface area contributed by atoms with Gasteiger partial charge in [0.2, 0.25) is 5.91 Å². The molecule has 1 fully saturated rings. The van der Waals surface area contributed by atoms with Crippen molar-refractivity contribution >= 4 is 27.5 Å². The van der Waals surface area contributed by atoms with E-state index < -0.39 is 0 Å². The maximum atomic E-state index is 12.4. The Morgan fingerprint density at radius 1 is 1.18 bits per heavy atom. The van der Waals surface area contributed by atoms with Crippen LogP contribution in [-0.2, 0) is 11.3 Å². The van der Waals surface area contributed by atoms with Crippen LogP contribution in [0.2, 0.25) is 0 Å². The van der Waals surface area contributed by atoms with E-state index in [-0.39, 0.29) is 23.9 Å². The first kappa shape index (κ1) is 15.2. The molecule has 0 atom stereocenters. The summed E-state index contributed by atoms with van der Waals surface area (Å²) in [5.41, 5.74) is 0.824. The molecule has 22 heavy (non-hydrogen) atoms. The molecule has 7 heteroatoms. The topological polar surface area (TPSA) is 65.8 Å². The molecule has 1 aliphatic rings. The third-order valence-corrected chi connectivity index (χ3v) is 4.97. The first-order chi connectivity index (χ1) is 10.7. The molecular weight excluding hydrogens is 302 g/mol. The Balaban J connectivity index is 1.69. The third kappa shape index (κ3) is 3.06. The van der Waals surface area contributed by atoms with Crippen LogP contribution in [0.3, 0.4) is 0 Å². The minimum Gasteiger partial charge on any atom is -0.395 e. The molecule has 0 spiro atoms. The van der Waals surface area contributed by atoms with Gasteiger partial charge < -0.3 is 10.0 Å². The van der Waals surface area contributed by atoms with E-state index in [9.17, 15) is 9.59 Å². The summed E-state index contributed by atoms with van der Waals surface area (Å²) in [6.45, 7) is 3.73. The van der Waals surface area contributed by atoms with Crippen LogP contribution in [0.25, 0.3) is 10.2 Å². The van der Waals surface area contributed by atoms with Crippen LogP contribution in [0.5, 0.6) is 0 Å². The zero-order valence-electron chi connectivity index (χ0n) is 12.3. The number of hydrogen-bond donors (Lipinski definition) is 1. The number of aromatic nitrogens is 1. The fourth-order valence-electron chi connectivity index (χ4n) is 2.76. The molecule has 1 aliphatic heterocycles. The fraction of sp³-hybridized carbons (Fsp3) is 0.467. The van der Waals surface area contributed by atoms with Crippen LogP contribution in [0.15, 0.2) is 29.1 Å². The van der Waals surface area contributed by atoms with Crippen molar-refractivity contribution in [2.24, 2.45) is 0 Å². The van der Waals surface area contributed by atoms with Gasteiger partial charge in [-0.2, -0.15) is 0 Å². The molecule has 1 saturated heterocycles. The second-order valence-electron chi connectivity index (χ2n) is 5.37. The number of thiazole rings is 1. The van der Waals surface area contributed by atoms with Crippen molar-refractivity contribution in [3.63, 3.8) is 0 Å². The SMILES string of the molecule is O=C(Cn1c(=O)sc2ccccc21)N1CCN(CCO)CC1. The van der Waals surface area contributed by atoms with E-state index >= 15 is 0 Å². The Bertz CT molecular complexity index is 716. The highest BCUT2D eigenvalue weighted by Gasteiger charge is 2.22. The average molecular weight is 321 g/mol. The van der Waals surface area contributed by atoms with Gasteiger partial charge in [0.25, 0.3) is 0 Å². The normalized spacial score (nSPS) is 16.3. The summed E-state index contributed by atoms with van der Waals surface area (Å²) >= 11 is 1.18. The Kier molecular flexibility index (Phi) is 4.56. The number of aliphatic hydroxyl groups is 1. The Labute approximate surface area is 132 Å². The summed E-state index contributed by atoms with van der Waals surface area (Å²) in [6.07, 6.45) is 0. The number of carbonyl (C=O) groups excluding carboxylic acids is 1. The van der Waals surface area contributed by atoms with E-state index in [1.807, 2.05) is 24.3 Å². The van der Waals surface area contributed by atoms with Crippen LogP contribution in [0, 0.1) is 0 Å². The first-order valence-electron chi connectivity index (χ1n) is 7.38. The molecule has 3 rings (SSSR count). The molecule has 118 valence electrons. The lowest BCUT2D eigenvalue weighted by Crippen LogP contribution is -2.50. The molecule has 0 bridgehead atoms. The van der Waals surface area contributed by atoms with E-state index in [0.717, 1.165) is 23.3 Å². The molecule has 2 aromatic rings. The number of para-hydroxylation sites is 1. The summed E-state index contributed by atoms with van der Waals surface area (Å²) < 4.78 is 2.47. The van der Waals surface area contributed by atoms with Gasteiger partial charge in [-0.15, -0.1) is 0 Å². The first-order valence-corrected chi connectivity index (χ1v) is 8.20. The molecule has 6 nitrogen and oxygen atoms in total. The summed E-state index contributed by atoms with van der Waals surface area (Å²) in [5, 5.41) is 8.94. The number of amides is 1. The van der Waals surface area contributed by atoms with E-state index in [2.05, 4.69) is 4.90 Å². The van der Waals surface area contributed by atoms with Gasteiger partial charge in [-0.1, -0.05) is 23.5 Å². The highest BCUT2D eigenvalue weighted by molar-refractivity contribution is 7.16. The lowest BCUT2D eigenvalue weighted by molar-refractivity contribution is -0.133. The zero-order valence-corrected chi connectivity index (χ0v) is 13.1. The van der Waals surface area contributed by atoms with Crippen molar-refractivity contribution in [1.82, 2.24) is 14.4 Å². The van der Waals surface area contributed by atoms with Crippen molar-refractivity contribution in [2.45, 2.75) is 6.54 Å². The average Bonchev–Trinajstić information content (AvgIpc) is 2.84. The lowest BCUT2D eigenvalue weighted by atomic mass is 10.3. The Morgan fingerprint density at radius 3 is 2.64 bits per heavy atom. The molecule has 1 aromatic heterocycles. The van der Waals surface area contributed by atoms with Gasteiger partial charge in [0.1, 0.15) is 6.54 Å². The molecular formula is C15H19N3O3S. The number of rotatable bonds is 4. The van der Waals surface area contributed by atoms with Gasteiger partial charge in [-0.3, -0.25) is 19.1 Å². The number of β-amino-alcohol motifs (C(OH)–C–C–N with tert-alkyl or cyclic N) is 1. The van der Waals surface area contributed by atoms with Gasteiger partial charge in [-0.05, 0) is 12.1 Å². The van der Waals surface area contributed by atoms with Crippen molar-refractivity contribution in [3.8, 4) is 0 Å². The van der Waals surface area contributed by atoms with Gasteiger partial charge in [-0.25, -0.2) is 0 Å². The molecule has 0 unspecified atom stereocenters. The maximum absolute atomic E-state index is 12.4. The Morgan fingerprint density at radius 2 is 1.91 bits per heavy atom. The number of carbonyl (C=O) groups is 1. The summed E-state index contributed by atoms with van der Waals surface area (Å²) in [5.74, 6) is -0.0192. The predicted octanol–water partition coefficient (Wildman–Crippen LogP) is 0.200. The van der Waals surface area contributed by atoms with Gasteiger partial charge in [0, 0.05) is 32.7 Å². The number of aliphatic hydroxyl groups excluding tert-OH is 1. The molecule has 1 aromatic carbocycles. The lowest BCUT2D eigenvalue weighted by Gasteiger charge is -2.34. The van der Waals surface area contributed by atoms with Crippen LogP contribution in [-0.4, -0.2) is 64.7 Å². The number of benzene rings is 1. The zero-order chi connectivity index (χ0) is 15.5. The smallest absolute Gasteiger partial charge is 0.308 e. The quantitative estimate of drug-likeness (QED) is 0.874. The van der Waals surface area contributed by atoms with Crippen LogP contribution < -0.4 is 4.87 Å². The molecule has 2 heterocycles. The molecule has 0 aliphatic carbocycles. The van der Waals surface area contributed by atoms with E-state index in [4.69, 9.17) is 5.11 Å². The summed E-state index contributed by atoms with van der Waals surface area (Å²) in [4.78, 5) is 28.3. The number of hydrogen-bond acceptors (Lipinski definition) is 5. The largest absolute Gasteiger partial charge is 0.395 e. The number of nitrogens with zero attached hydrogens (tertiary/aromatic N) is 3. The molecule has 1 N–H and O–H groups in total. The van der Waals surface area contributed by atoms with Crippen LogP contribution in [0.4, 0.5) is 0 Å². The molecule has 0 radical (unpaired) electrons. The Hall–Kier alpha value is -1.70. The highest BCUT2D eigenvalue weighted by atomic mass is 32.1. The second kappa shape index (κ2) is 6.60. The van der Waals surface area contributed by atoms with Gasteiger partial charge in [0.15, 0.2) is 0 Å². The van der Waals surface area contributed by atoms with Crippen LogP contribution >= 0.6 is 11.3 Å². The monoisotopic (exact) mass is 321 g/mol. The van der Waals surface area contributed by atoms with Gasteiger partial charge >= 0.3 is 4.87 Å². The molecule has 0 saturated carbocycles. The van der Waals surface area contributed by atoms with E-state index in [0.29, 0.717) is 19.6 Å². The standard InChI is InChI=1S/C15H19N3O3S/c19-10-9-16-5-7-17(8-6-16)14(20)11-18-12-3-1-2-4-13(12)22-15(18)21/h1-4,19H,5-11H2. The van der Waals surface area contributed by atoms with Crippen molar-refractivity contribution < 1.29 is 9.90 Å². The minimum absolute atomic E-state index is 0.0192. The maximum Gasteiger partial charge on any atom is 0.308 e. The summed E-state index contributed by atoms with van der Waals surface area (Å²) in [6, 6.07) is 7.55. The predicted molar refractivity (Wildman–Crippen MR) is 86.2 cm³/mol. The second-order valence-corrected chi connectivity index (χ2v) is 6.36. The fourth-order valence-corrected chi connectivity index (χ4v) is 3.65. The van der Waals surface area contributed by atoms with Crippen molar-refractivity contribution in [1.29, 1.82) is 0 Å². The van der Waals surface area contributed by atoms with E-state index in [1.54, 1.807) is 9.47 Å². The number of piperazine rings is 1. The van der Waals surface area contributed by atoms with E-state index in [1.165, 1.54) is 11.3 Å². The van der Waals surface area contributed by atoms with Crippen molar-refractivity contribution in [2.75, 3.05) is 39.3 Å². The highest BCUT2D eigenvalue weighted by Crippen LogP contribution is 2.16. The molecule has 1 amide bonds. The van der Waals surface area contributed by atoms with Crippen LogP contribution in [0.1, 0.15) is 0 Å². The number of fused-ring (bicyclic) bond motifs is 1. The summed E-state index contributed by atoms with van der Waals surface area (Å²) in [7, 11) is 0. The minimum atomic E-state index is -0.0894.